The van der Waals surface area contributed by atoms with Gasteiger partial charge in [0.2, 0.25) is 5.91 Å². The molecule has 6 nitrogen and oxygen atoms in total. The van der Waals surface area contributed by atoms with Gasteiger partial charge >= 0.3 is 0 Å². The number of nitrogens with two attached hydrogens (primary N) is 1. The first-order valence-corrected chi connectivity index (χ1v) is 13.6. The van der Waals surface area contributed by atoms with Crippen molar-refractivity contribution in [3.63, 3.8) is 0 Å². The maximum atomic E-state index is 13.1. The Hall–Kier alpha value is -4.05. The van der Waals surface area contributed by atoms with Crippen molar-refractivity contribution in [3.05, 3.63) is 107 Å². The highest BCUT2D eigenvalue weighted by Crippen LogP contribution is 2.58. The van der Waals surface area contributed by atoms with Gasteiger partial charge in [-0.3, -0.25) is 15.0 Å². The van der Waals surface area contributed by atoms with Gasteiger partial charge in [-0.1, -0.05) is 73.7 Å². The summed E-state index contributed by atoms with van der Waals surface area (Å²) in [7, 11) is 2.09. The molecule has 1 saturated carbocycles. The molecule has 0 radical (unpaired) electrons. The van der Waals surface area contributed by atoms with Gasteiger partial charge in [0.15, 0.2) is 5.78 Å². The number of fused-ring (bicyclic) bond motifs is 3. The third-order valence-electron chi connectivity index (χ3n) is 9.32. The van der Waals surface area contributed by atoms with Crippen LogP contribution in [0.3, 0.4) is 0 Å². The number of amides is 1. The summed E-state index contributed by atoms with van der Waals surface area (Å²) in [5.41, 5.74) is 14.0. The zero-order chi connectivity index (χ0) is 27.3. The number of rotatable bonds is 4. The number of nitrogens with one attached hydrogen (secondary N) is 1. The second-order valence-corrected chi connectivity index (χ2v) is 11.2. The van der Waals surface area contributed by atoms with Crippen LogP contribution in [0.5, 0.6) is 0 Å². The molecule has 6 atom stereocenters. The summed E-state index contributed by atoms with van der Waals surface area (Å²) >= 11 is 0. The summed E-state index contributed by atoms with van der Waals surface area (Å²) in [5, 5.41) is 12.2. The fourth-order valence-corrected chi connectivity index (χ4v) is 7.58. The number of nitriles is 1. The van der Waals surface area contributed by atoms with Crippen molar-refractivity contribution in [3.8, 4) is 17.2 Å². The number of carbonyl (C=O) groups excluding carboxylic acids is 2. The normalized spacial score (nSPS) is 30.1. The SMILES string of the molecule is C[C@@H]1C(=O)C(C#N)=C[C@]2(c3ccccc3)C3NN(C)C(c4cccc(-c5ccc(C(N)=O)cc5)c4)C3CC[C@@H]12. The molecule has 6 heteroatoms. The number of hydrazine groups is 1. The second kappa shape index (κ2) is 9.60. The number of carbonyl (C=O) groups is 2. The summed E-state index contributed by atoms with van der Waals surface area (Å²) in [6, 6.07) is 28.8. The summed E-state index contributed by atoms with van der Waals surface area (Å²) in [6.45, 7) is 2.00. The Bertz CT molecular complexity index is 1510. The van der Waals surface area contributed by atoms with E-state index < -0.39 is 11.3 Å². The number of nitrogens with zero attached hydrogens (tertiary/aromatic N) is 2. The standard InChI is InChI=1S/C33H32N4O2/c1-20-28-16-15-27-29(24-8-6-7-23(17-24)21-11-13-22(14-12-21)32(35)39)37(2)36-31(27)33(28,18-25(19-34)30(20)38)26-9-4-3-5-10-26/h3-14,17-18,20,27-29,31,36H,15-16H2,1-2H3,(H2,35,39)/t20-,27?,28-,29?,31?,33+/m0/s1. The number of benzene rings is 3. The van der Waals surface area contributed by atoms with Crippen LogP contribution in [0.1, 0.15) is 47.3 Å². The minimum Gasteiger partial charge on any atom is -0.366 e. The van der Waals surface area contributed by atoms with Crippen LogP contribution in [0, 0.1) is 29.1 Å². The van der Waals surface area contributed by atoms with Crippen LogP contribution in [0.15, 0.2) is 90.5 Å². The largest absolute Gasteiger partial charge is 0.366 e. The molecule has 3 unspecified atom stereocenters. The number of hydrogen-bond donors (Lipinski definition) is 2. The molecular formula is C33H32N4O2. The molecule has 1 amide bonds. The van der Waals surface area contributed by atoms with Crippen LogP contribution in [0.25, 0.3) is 11.1 Å². The summed E-state index contributed by atoms with van der Waals surface area (Å²) < 4.78 is 0. The Morgan fingerprint density at radius 2 is 1.77 bits per heavy atom. The summed E-state index contributed by atoms with van der Waals surface area (Å²) in [5.74, 6) is -0.305. The van der Waals surface area contributed by atoms with Gasteiger partial charge in [-0.2, -0.15) is 5.26 Å². The molecule has 3 aromatic carbocycles. The Balaban J connectivity index is 1.43. The lowest BCUT2D eigenvalue weighted by Gasteiger charge is -2.53. The Morgan fingerprint density at radius 3 is 2.46 bits per heavy atom. The number of hydrogen-bond acceptors (Lipinski definition) is 5. The third kappa shape index (κ3) is 3.93. The fraction of sp³-hybridized carbons (Fsp3) is 0.303. The van der Waals surface area contributed by atoms with E-state index in [0.29, 0.717) is 5.56 Å². The van der Waals surface area contributed by atoms with Gasteiger partial charge in [-0.05, 0) is 65.1 Å². The molecule has 1 heterocycles. The van der Waals surface area contributed by atoms with Crippen LogP contribution in [-0.4, -0.2) is 29.8 Å². The second-order valence-electron chi connectivity index (χ2n) is 11.2. The van der Waals surface area contributed by atoms with E-state index in [1.165, 1.54) is 5.56 Å². The Kier molecular flexibility index (Phi) is 6.22. The van der Waals surface area contributed by atoms with Crippen molar-refractivity contribution in [2.45, 2.75) is 37.3 Å². The molecule has 3 N–H and O–H groups in total. The van der Waals surface area contributed by atoms with E-state index in [0.717, 1.165) is 29.5 Å². The van der Waals surface area contributed by atoms with Crippen molar-refractivity contribution in [2.75, 3.05) is 7.05 Å². The molecule has 0 spiro atoms. The van der Waals surface area contributed by atoms with E-state index >= 15 is 0 Å². The average molecular weight is 517 g/mol. The third-order valence-corrected chi connectivity index (χ3v) is 9.32. The average Bonchev–Trinajstić information content (AvgIpc) is 3.32. The number of allylic oxidation sites excluding steroid dienone is 1. The van der Waals surface area contributed by atoms with E-state index in [2.05, 4.69) is 72.1 Å². The molecule has 0 bridgehead atoms. The van der Waals surface area contributed by atoms with E-state index in [1.807, 2.05) is 31.2 Å². The lowest BCUT2D eigenvalue weighted by atomic mass is 9.50. The number of Topliss-reactive ketones (excluding diaryl/α,β-unsaturated/α-hetero) is 1. The predicted molar refractivity (Wildman–Crippen MR) is 150 cm³/mol. The molecule has 1 saturated heterocycles. The zero-order valence-electron chi connectivity index (χ0n) is 22.2. The maximum Gasteiger partial charge on any atom is 0.248 e. The highest BCUT2D eigenvalue weighted by atomic mass is 16.1. The highest BCUT2D eigenvalue weighted by molar-refractivity contribution is 6.02. The van der Waals surface area contributed by atoms with Crippen molar-refractivity contribution in [1.29, 1.82) is 5.26 Å². The van der Waals surface area contributed by atoms with Gasteiger partial charge in [0.25, 0.3) is 0 Å². The van der Waals surface area contributed by atoms with Gasteiger partial charge in [0.1, 0.15) is 6.07 Å². The van der Waals surface area contributed by atoms with Crippen LogP contribution in [0.2, 0.25) is 0 Å². The molecular weight excluding hydrogens is 484 g/mol. The van der Waals surface area contributed by atoms with E-state index in [9.17, 15) is 14.9 Å². The van der Waals surface area contributed by atoms with Crippen LogP contribution in [0.4, 0.5) is 0 Å². The zero-order valence-corrected chi connectivity index (χ0v) is 22.2. The molecule has 1 aliphatic heterocycles. The molecule has 3 aliphatic rings. The lowest BCUT2D eigenvalue weighted by Crippen LogP contribution is -2.60. The van der Waals surface area contributed by atoms with Crippen molar-refractivity contribution in [2.24, 2.45) is 23.5 Å². The van der Waals surface area contributed by atoms with Gasteiger partial charge in [0.05, 0.1) is 11.6 Å². The van der Waals surface area contributed by atoms with Crippen LogP contribution >= 0.6 is 0 Å². The van der Waals surface area contributed by atoms with Crippen LogP contribution in [-0.2, 0) is 10.2 Å². The molecule has 2 fully saturated rings. The fourth-order valence-electron chi connectivity index (χ4n) is 7.58. The van der Waals surface area contributed by atoms with E-state index in [-0.39, 0.29) is 41.2 Å². The van der Waals surface area contributed by atoms with Gasteiger partial charge < -0.3 is 5.73 Å². The quantitative estimate of drug-likeness (QED) is 0.512. The van der Waals surface area contributed by atoms with Gasteiger partial charge in [0, 0.05) is 30.0 Å². The first-order valence-electron chi connectivity index (χ1n) is 13.6. The van der Waals surface area contributed by atoms with Gasteiger partial charge in [-0.15, -0.1) is 0 Å². The summed E-state index contributed by atoms with van der Waals surface area (Å²) in [4.78, 5) is 24.6. The van der Waals surface area contributed by atoms with E-state index in [1.54, 1.807) is 12.1 Å². The Morgan fingerprint density at radius 1 is 1.03 bits per heavy atom. The molecule has 6 rings (SSSR count). The molecule has 196 valence electrons. The highest BCUT2D eigenvalue weighted by Gasteiger charge is 2.60. The van der Waals surface area contributed by atoms with Crippen molar-refractivity contribution < 1.29 is 9.59 Å². The monoisotopic (exact) mass is 516 g/mol. The molecule has 2 aliphatic carbocycles. The Labute approximate surface area is 229 Å². The van der Waals surface area contributed by atoms with Crippen molar-refractivity contribution >= 4 is 11.7 Å². The first-order chi connectivity index (χ1) is 18.8. The maximum absolute atomic E-state index is 13.1. The summed E-state index contributed by atoms with van der Waals surface area (Å²) in [6.07, 6.45) is 3.89. The van der Waals surface area contributed by atoms with Gasteiger partial charge in [-0.25, -0.2) is 5.01 Å². The molecule has 0 aromatic heterocycles. The topological polar surface area (TPSA) is 99.2 Å². The van der Waals surface area contributed by atoms with Crippen molar-refractivity contribution in [1.82, 2.24) is 10.4 Å². The predicted octanol–water partition coefficient (Wildman–Crippen LogP) is 4.95. The lowest BCUT2D eigenvalue weighted by molar-refractivity contribution is -0.122. The minimum atomic E-state index is -0.465. The molecule has 3 aromatic rings. The van der Waals surface area contributed by atoms with Crippen LogP contribution < -0.4 is 11.2 Å². The smallest absolute Gasteiger partial charge is 0.248 e. The minimum absolute atomic E-state index is 0.0334. The first kappa shape index (κ1) is 25.2. The molecule has 39 heavy (non-hydrogen) atoms. The number of ketones is 1. The van der Waals surface area contributed by atoms with E-state index in [4.69, 9.17) is 5.73 Å². The number of primary amides is 1.